The highest BCUT2D eigenvalue weighted by atomic mass is 16.6. The Morgan fingerprint density at radius 2 is 1.88 bits per heavy atom. The number of piperidine rings is 1. The lowest BCUT2D eigenvalue weighted by Gasteiger charge is -2.25. The quantitative estimate of drug-likeness (QED) is 0.617. The molecule has 0 spiro atoms. The maximum absolute atomic E-state index is 13.1. The van der Waals surface area contributed by atoms with Gasteiger partial charge in [-0.15, -0.1) is 0 Å². The highest BCUT2D eigenvalue weighted by Crippen LogP contribution is 2.25. The molecule has 3 amide bonds. The van der Waals surface area contributed by atoms with Crippen LogP contribution in [0.3, 0.4) is 0 Å². The average Bonchev–Trinajstić information content (AvgIpc) is 2.98. The third-order valence-corrected chi connectivity index (χ3v) is 5.89. The SMILES string of the molecule is CN(CCCN(C)C(=O)OC(C)(C)C)Cc1cccc2c1n(C)c(=O)n2C1CCC(=O)NC1=O. The van der Waals surface area contributed by atoms with E-state index in [-0.39, 0.29) is 24.1 Å². The van der Waals surface area contributed by atoms with Crippen molar-refractivity contribution in [1.29, 1.82) is 0 Å². The van der Waals surface area contributed by atoms with Crippen molar-refractivity contribution < 1.29 is 19.1 Å². The zero-order valence-electron chi connectivity index (χ0n) is 20.9. The van der Waals surface area contributed by atoms with Gasteiger partial charge in [0.25, 0.3) is 0 Å². The molecule has 1 aromatic carbocycles. The van der Waals surface area contributed by atoms with Gasteiger partial charge in [-0.2, -0.15) is 0 Å². The van der Waals surface area contributed by atoms with Crippen LogP contribution in [-0.2, 0) is 27.9 Å². The third kappa shape index (κ3) is 5.67. The predicted octanol–water partition coefficient (Wildman–Crippen LogP) is 2.01. The maximum atomic E-state index is 13.1. The molecule has 1 atom stereocenters. The number of hydrogen-bond acceptors (Lipinski definition) is 6. The zero-order chi connectivity index (χ0) is 25.2. The van der Waals surface area contributed by atoms with Crippen LogP contribution in [0.25, 0.3) is 11.0 Å². The van der Waals surface area contributed by atoms with E-state index in [9.17, 15) is 19.2 Å². The lowest BCUT2D eigenvalue weighted by Crippen LogP contribution is -2.44. The van der Waals surface area contributed by atoms with Gasteiger partial charge in [-0.3, -0.25) is 24.0 Å². The van der Waals surface area contributed by atoms with E-state index in [0.29, 0.717) is 25.0 Å². The number of amides is 3. The van der Waals surface area contributed by atoms with Crippen LogP contribution in [0, 0.1) is 0 Å². The molecule has 2 aromatic rings. The Kier molecular flexibility index (Phi) is 7.50. The standard InChI is InChI=1S/C24H35N5O5/c1-24(2,3)34-23(33)27(5)14-8-13-26(4)15-16-9-7-10-17-20(16)28(6)22(32)29(17)18-11-12-19(30)25-21(18)31/h7,9-10,18H,8,11-15H2,1-6H3,(H,25,30,31). The Morgan fingerprint density at radius 1 is 1.18 bits per heavy atom. The maximum Gasteiger partial charge on any atom is 0.410 e. The molecule has 1 N–H and O–H groups in total. The van der Waals surface area contributed by atoms with E-state index in [4.69, 9.17) is 4.74 Å². The highest BCUT2D eigenvalue weighted by molar-refractivity contribution is 6.00. The van der Waals surface area contributed by atoms with E-state index in [1.165, 1.54) is 4.57 Å². The smallest absolute Gasteiger partial charge is 0.410 e. The molecule has 2 heterocycles. The van der Waals surface area contributed by atoms with E-state index in [1.54, 1.807) is 23.6 Å². The monoisotopic (exact) mass is 473 g/mol. The second-order valence-electron chi connectivity index (χ2n) is 9.96. The van der Waals surface area contributed by atoms with Crippen LogP contribution >= 0.6 is 0 Å². The Bertz CT molecular complexity index is 1140. The van der Waals surface area contributed by atoms with Gasteiger partial charge in [0.05, 0.1) is 11.0 Å². The van der Waals surface area contributed by atoms with Crippen molar-refractivity contribution in [3.8, 4) is 0 Å². The van der Waals surface area contributed by atoms with Crippen molar-refractivity contribution in [2.75, 3.05) is 27.2 Å². The lowest BCUT2D eigenvalue weighted by atomic mass is 10.1. The fraction of sp³-hybridized carbons (Fsp3) is 0.583. The number of carbonyl (C=O) groups excluding carboxylic acids is 3. The molecule has 1 aromatic heterocycles. The first-order valence-electron chi connectivity index (χ1n) is 11.5. The van der Waals surface area contributed by atoms with E-state index in [1.807, 2.05) is 46.0 Å². The Hall–Kier alpha value is -3.14. The molecule has 34 heavy (non-hydrogen) atoms. The van der Waals surface area contributed by atoms with Crippen LogP contribution in [0.2, 0.25) is 0 Å². The molecule has 1 unspecified atom stereocenters. The number of aromatic nitrogens is 2. The van der Waals surface area contributed by atoms with Crippen molar-refractivity contribution in [2.24, 2.45) is 7.05 Å². The first-order chi connectivity index (χ1) is 15.9. The largest absolute Gasteiger partial charge is 0.444 e. The van der Waals surface area contributed by atoms with Gasteiger partial charge in [0.2, 0.25) is 11.8 Å². The van der Waals surface area contributed by atoms with Crippen LogP contribution in [-0.4, -0.2) is 69.6 Å². The molecule has 0 saturated carbocycles. The third-order valence-electron chi connectivity index (χ3n) is 5.89. The number of imidazole rings is 1. The van der Waals surface area contributed by atoms with E-state index in [0.717, 1.165) is 24.0 Å². The molecule has 10 nitrogen and oxygen atoms in total. The van der Waals surface area contributed by atoms with Crippen molar-refractivity contribution >= 4 is 28.9 Å². The summed E-state index contributed by atoms with van der Waals surface area (Å²) in [7, 11) is 5.41. The molecule has 0 bridgehead atoms. The van der Waals surface area contributed by atoms with Gasteiger partial charge in [0, 0.05) is 33.6 Å². The summed E-state index contributed by atoms with van der Waals surface area (Å²) in [6.07, 6.45) is 0.932. The number of aryl methyl sites for hydroxylation is 1. The van der Waals surface area contributed by atoms with Crippen LogP contribution in [0.4, 0.5) is 4.79 Å². The first-order valence-corrected chi connectivity index (χ1v) is 11.5. The molecular weight excluding hydrogens is 438 g/mol. The molecule has 10 heteroatoms. The first kappa shape index (κ1) is 25.5. The summed E-state index contributed by atoms with van der Waals surface area (Å²) in [4.78, 5) is 52.9. The molecule has 0 aliphatic carbocycles. The minimum Gasteiger partial charge on any atom is -0.444 e. The van der Waals surface area contributed by atoms with Gasteiger partial charge in [-0.25, -0.2) is 9.59 Å². The lowest BCUT2D eigenvalue weighted by molar-refractivity contribution is -0.135. The summed E-state index contributed by atoms with van der Waals surface area (Å²) in [5, 5.41) is 2.34. The fourth-order valence-corrected chi connectivity index (χ4v) is 4.26. The van der Waals surface area contributed by atoms with Crippen LogP contribution in [0.1, 0.15) is 51.6 Å². The number of rotatable bonds is 7. The number of nitrogens with zero attached hydrogens (tertiary/aromatic N) is 4. The molecule has 1 fully saturated rings. The van der Waals surface area contributed by atoms with Crippen molar-refractivity contribution in [3.63, 3.8) is 0 Å². The second kappa shape index (κ2) is 10.0. The van der Waals surface area contributed by atoms with Crippen LogP contribution < -0.4 is 11.0 Å². The average molecular weight is 474 g/mol. The minimum absolute atomic E-state index is 0.208. The van der Waals surface area contributed by atoms with Gasteiger partial charge in [-0.05, 0) is 58.8 Å². The summed E-state index contributed by atoms with van der Waals surface area (Å²) in [5.41, 5.74) is 1.61. The molecule has 186 valence electrons. The number of para-hydroxylation sites is 1. The second-order valence-corrected chi connectivity index (χ2v) is 9.96. The summed E-state index contributed by atoms with van der Waals surface area (Å²) >= 11 is 0. The number of nitrogens with one attached hydrogen (secondary N) is 1. The van der Waals surface area contributed by atoms with Gasteiger partial charge < -0.3 is 14.5 Å². The molecule has 1 aliphatic rings. The number of carbonyl (C=O) groups is 3. The number of ether oxygens (including phenoxy) is 1. The Balaban J connectivity index is 1.71. The molecule has 1 aliphatic heterocycles. The molecule has 1 saturated heterocycles. The topological polar surface area (TPSA) is 106 Å². The molecule has 0 radical (unpaired) electrons. The number of imide groups is 1. The predicted molar refractivity (Wildman–Crippen MR) is 128 cm³/mol. The van der Waals surface area contributed by atoms with Gasteiger partial charge >= 0.3 is 11.8 Å². The fourth-order valence-electron chi connectivity index (χ4n) is 4.26. The van der Waals surface area contributed by atoms with Gasteiger partial charge in [0.1, 0.15) is 11.6 Å². The van der Waals surface area contributed by atoms with Crippen LogP contribution in [0.15, 0.2) is 23.0 Å². The summed E-state index contributed by atoms with van der Waals surface area (Å²) in [6.45, 7) is 7.43. The number of fused-ring (bicyclic) bond motifs is 1. The van der Waals surface area contributed by atoms with Crippen LogP contribution in [0.5, 0.6) is 0 Å². The minimum atomic E-state index is -0.703. The normalized spacial score (nSPS) is 16.7. The summed E-state index contributed by atoms with van der Waals surface area (Å²) in [6, 6.07) is 4.98. The van der Waals surface area contributed by atoms with E-state index < -0.39 is 17.6 Å². The summed E-state index contributed by atoms with van der Waals surface area (Å²) in [5.74, 6) is -0.753. The van der Waals surface area contributed by atoms with E-state index >= 15 is 0 Å². The van der Waals surface area contributed by atoms with Crippen molar-refractivity contribution in [3.05, 3.63) is 34.2 Å². The molecule has 3 rings (SSSR count). The zero-order valence-corrected chi connectivity index (χ0v) is 20.9. The number of benzene rings is 1. The van der Waals surface area contributed by atoms with Crippen molar-refractivity contribution in [2.45, 2.75) is 58.2 Å². The summed E-state index contributed by atoms with van der Waals surface area (Å²) < 4.78 is 8.45. The highest BCUT2D eigenvalue weighted by Gasteiger charge is 2.31. The Labute approximate surface area is 199 Å². The van der Waals surface area contributed by atoms with Crippen molar-refractivity contribution in [1.82, 2.24) is 24.3 Å². The van der Waals surface area contributed by atoms with Gasteiger partial charge in [-0.1, -0.05) is 12.1 Å². The Morgan fingerprint density at radius 3 is 2.53 bits per heavy atom. The number of hydrogen-bond donors (Lipinski definition) is 1. The van der Waals surface area contributed by atoms with E-state index in [2.05, 4.69) is 10.2 Å². The molecular formula is C24H35N5O5. The van der Waals surface area contributed by atoms with Gasteiger partial charge in [0.15, 0.2) is 0 Å².